The van der Waals surface area contributed by atoms with Gasteiger partial charge >= 0.3 is 0 Å². The van der Waals surface area contributed by atoms with E-state index in [1.165, 1.54) is 5.01 Å². The van der Waals surface area contributed by atoms with Crippen LogP contribution in [0.1, 0.15) is 20.8 Å². The van der Waals surface area contributed by atoms with E-state index in [9.17, 15) is 4.79 Å². The molecule has 0 saturated heterocycles. The summed E-state index contributed by atoms with van der Waals surface area (Å²) in [6.07, 6.45) is 0. The number of carbonyl (C=O) groups is 1. The molecule has 2 N–H and O–H groups in total. The number of anilines is 1. The Kier molecular flexibility index (Phi) is 4.97. The van der Waals surface area contributed by atoms with Crippen molar-refractivity contribution in [2.24, 2.45) is 5.84 Å². The van der Waals surface area contributed by atoms with Crippen LogP contribution in [0.15, 0.2) is 30.3 Å². The molecule has 4 nitrogen and oxygen atoms in total. The molecule has 0 heterocycles. The van der Waals surface area contributed by atoms with Gasteiger partial charge in [-0.3, -0.25) is 9.80 Å². The molecule has 17 heavy (non-hydrogen) atoms. The lowest BCUT2D eigenvalue weighted by molar-refractivity contribution is -0.131. The molecule has 1 aromatic rings. The number of amides is 1. The Morgan fingerprint density at radius 3 is 2.24 bits per heavy atom. The number of rotatable bonds is 5. The molecule has 1 amide bonds. The van der Waals surface area contributed by atoms with Crippen molar-refractivity contribution in [3.8, 4) is 0 Å². The molecule has 1 unspecified atom stereocenters. The zero-order chi connectivity index (χ0) is 12.8. The molecule has 1 aromatic carbocycles. The van der Waals surface area contributed by atoms with E-state index >= 15 is 0 Å². The number of benzene rings is 1. The number of nitrogens with zero attached hydrogens (tertiary/aromatic N) is 2. The second-order valence-electron chi connectivity index (χ2n) is 3.93. The first-order valence-electron chi connectivity index (χ1n) is 5.99. The third kappa shape index (κ3) is 3.20. The summed E-state index contributed by atoms with van der Waals surface area (Å²) in [5.41, 5.74) is 0.848. The van der Waals surface area contributed by atoms with Gasteiger partial charge in [-0.05, 0) is 32.9 Å². The van der Waals surface area contributed by atoms with Crippen LogP contribution in [-0.2, 0) is 4.79 Å². The van der Waals surface area contributed by atoms with Crippen LogP contribution in [0.5, 0.6) is 0 Å². The second-order valence-corrected chi connectivity index (χ2v) is 3.93. The fourth-order valence-electron chi connectivity index (χ4n) is 1.74. The van der Waals surface area contributed by atoms with E-state index < -0.39 is 0 Å². The largest absolute Gasteiger partial charge is 0.341 e. The van der Waals surface area contributed by atoms with Gasteiger partial charge in [0.25, 0.3) is 0 Å². The topological polar surface area (TPSA) is 49.6 Å². The Balaban J connectivity index is 2.76. The van der Waals surface area contributed by atoms with Crippen molar-refractivity contribution in [1.82, 2.24) is 4.90 Å². The fourth-order valence-corrected chi connectivity index (χ4v) is 1.74. The van der Waals surface area contributed by atoms with Crippen LogP contribution < -0.4 is 10.9 Å². The van der Waals surface area contributed by atoms with E-state index in [2.05, 4.69) is 0 Å². The number of hydrogen-bond acceptors (Lipinski definition) is 3. The van der Waals surface area contributed by atoms with Crippen LogP contribution >= 0.6 is 0 Å². The first kappa shape index (κ1) is 13.5. The van der Waals surface area contributed by atoms with Crippen LogP contribution in [-0.4, -0.2) is 29.9 Å². The van der Waals surface area contributed by atoms with Gasteiger partial charge in [-0.25, -0.2) is 5.84 Å². The van der Waals surface area contributed by atoms with Gasteiger partial charge in [0, 0.05) is 13.1 Å². The summed E-state index contributed by atoms with van der Waals surface area (Å²) in [6.45, 7) is 7.19. The molecule has 94 valence electrons. The van der Waals surface area contributed by atoms with Crippen molar-refractivity contribution < 1.29 is 4.79 Å². The number of para-hydroxylation sites is 1. The minimum Gasteiger partial charge on any atom is -0.341 e. The number of carbonyl (C=O) groups excluding carboxylic acids is 1. The lowest BCUT2D eigenvalue weighted by Crippen LogP contribution is -2.50. The Hall–Kier alpha value is -1.55. The molecular formula is C13H21N3O. The highest BCUT2D eigenvalue weighted by Crippen LogP contribution is 2.13. The summed E-state index contributed by atoms with van der Waals surface area (Å²) < 4.78 is 0. The normalized spacial score (nSPS) is 12.0. The first-order valence-corrected chi connectivity index (χ1v) is 5.99. The average molecular weight is 235 g/mol. The van der Waals surface area contributed by atoms with Gasteiger partial charge < -0.3 is 4.90 Å². The zero-order valence-corrected chi connectivity index (χ0v) is 10.8. The molecule has 0 aliphatic rings. The number of hydrazine groups is 1. The maximum Gasteiger partial charge on any atom is 0.246 e. The van der Waals surface area contributed by atoms with Gasteiger partial charge in [-0.1, -0.05) is 18.2 Å². The molecule has 0 spiro atoms. The molecule has 0 radical (unpaired) electrons. The maximum absolute atomic E-state index is 12.1. The molecule has 0 saturated carbocycles. The van der Waals surface area contributed by atoms with Crippen molar-refractivity contribution in [2.45, 2.75) is 26.8 Å². The molecule has 0 aliphatic carbocycles. The summed E-state index contributed by atoms with van der Waals surface area (Å²) in [6, 6.07) is 9.18. The van der Waals surface area contributed by atoms with Crippen molar-refractivity contribution in [1.29, 1.82) is 0 Å². The fraction of sp³-hybridized carbons (Fsp3) is 0.462. The molecular weight excluding hydrogens is 214 g/mol. The Morgan fingerprint density at radius 1 is 1.24 bits per heavy atom. The lowest BCUT2D eigenvalue weighted by Gasteiger charge is -2.29. The number of nitrogens with two attached hydrogens (primary N) is 1. The molecule has 0 aliphatic heterocycles. The van der Waals surface area contributed by atoms with E-state index in [0.29, 0.717) is 13.1 Å². The Labute approximate surface area is 103 Å². The summed E-state index contributed by atoms with van der Waals surface area (Å²) >= 11 is 0. The number of hydrogen-bond donors (Lipinski definition) is 1. The minimum atomic E-state index is -0.350. The average Bonchev–Trinajstić information content (AvgIpc) is 2.39. The van der Waals surface area contributed by atoms with Gasteiger partial charge in [0.2, 0.25) is 5.91 Å². The predicted molar refractivity (Wildman–Crippen MR) is 70.5 cm³/mol. The summed E-state index contributed by atoms with van der Waals surface area (Å²) in [4.78, 5) is 13.9. The second kappa shape index (κ2) is 6.25. The van der Waals surface area contributed by atoms with Crippen LogP contribution in [0, 0.1) is 0 Å². The van der Waals surface area contributed by atoms with Crippen molar-refractivity contribution in [3.05, 3.63) is 30.3 Å². The van der Waals surface area contributed by atoms with Crippen LogP contribution in [0.4, 0.5) is 5.69 Å². The van der Waals surface area contributed by atoms with Crippen molar-refractivity contribution in [3.63, 3.8) is 0 Å². The molecule has 0 aromatic heterocycles. The van der Waals surface area contributed by atoms with Gasteiger partial charge in [0.1, 0.15) is 6.04 Å². The van der Waals surface area contributed by atoms with E-state index in [0.717, 1.165) is 5.69 Å². The highest BCUT2D eigenvalue weighted by molar-refractivity contribution is 5.84. The summed E-state index contributed by atoms with van der Waals surface area (Å²) in [5, 5.41) is 1.51. The lowest BCUT2D eigenvalue weighted by atomic mass is 10.2. The van der Waals surface area contributed by atoms with Gasteiger partial charge in [-0.2, -0.15) is 0 Å². The van der Waals surface area contributed by atoms with Gasteiger partial charge in [-0.15, -0.1) is 0 Å². The smallest absolute Gasteiger partial charge is 0.246 e. The third-order valence-corrected chi connectivity index (χ3v) is 2.90. The van der Waals surface area contributed by atoms with Crippen molar-refractivity contribution in [2.75, 3.05) is 18.1 Å². The first-order chi connectivity index (χ1) is 8.11. The highest BCUT2D eigenvalue weighted by atomic mass is 16.2. The summed E-state index contributed by atoms with van der Waals surface area (Å²) in [7, 11) is 0. The minimum absolute atomic E-state index is 0.0568. The quantitative estimate of drug-likeness (QED) is 0.623. The highest BCUT2D eigenvalue weighted by Gasteiger charge is 2.22. The zero-order valence-electron chi connectivity index (χ0n) is 10.8. The van der Waals surface area contributed by atoms with Crippen LogP contribution in [0.25, 0.3) is 0 Å². The van der Waals surface area contributed by atoms with Crippen LogP contribution in [0.2, 0.25) is 0 Å². The van der Waals surface area contributed by atoms with E-state index in [1.807, 2.05) is 51.1 Å². The van der Waals surface area contributed by atoms with Crippen LogP contribution in [0.3, 0.4) is 0 Å². The maximum atomic E-state index is 12.1. The Bertz CT molecular complexity index is 349. The Morgan fingerprint density at radius 2 is 1.76 bits per heavy atom. The van der Waals surface area contributed by atoms with Crippen molar-refractivity contribution >= 4 is 11.6 Å². The standard InChI is InChI=1S/C13H21N3O/c1-4-15(5-2)13(17)11(3)16(14)12-9-7-6-8-10-12/h6-11H,4-5,14H2,1-3H3. The van der Waals surface area contributed by atoms with Gasteiger partial charge in [0.15, 0.2) is 0 Å². The molecule has 0 fully saturated rings. The van der Waals surface area contributed by atoms with E-state index in [4.69, 9.17) is 5.84 Å². The predicted octanol–water partition coefficient (Wildman–Crippen LogP) is 1.62. The van der Waals surface area contributed by atoms with E-state index in [-0.39, 0.29) is 11.9 Å². The monoisotopic (exact) mass is 235 g/mol. The SMILES string of the molecule is CCN(CC)C(=O)C(C)N(N)c1ccccc1. The summed E-state index contributed by atoms with van der Waals surface area (Å²) in [5.74, 6) is 6.03. The third-order valence-electron chi connectivity index (χ3n) is 2.90. The molecule has 4 heteroatoms. The molecule has 0 bridgehead atoms. The molecule has 1 atom stereocenters. The number of likely N-dealkylation sites (N-methyl/N-ethyl adjacent to an activating group) is 1. The molecule has 1 rings (SSSR count). The van der Waals surface area contributed by atoms with E-state index in [1.54, 1.807) is 4.90 Å². The van der Waals surface area contributed by atoms with Gasteiger partial charge in [0.05, 0.1) is 5.69 Å².